The zero-order valence-electron chi connectivity index (χ0n) is 10.5. The van der Waals surface area contributed by atoms with Crippen LogP contribution in [0.25, 0.3) is 0 Å². The van der Waals surface area contributed by atoms with E-state index < -0.39 is 0 Å². The number of amides is 1. The van der Waals surface area contributed by atoms with Crippen molar-refractivity contribution in [3.05, 3.63) is 54.0 Å². The maximum atomic E-state index is 12.1. The predicted molar refractivity (Wildman–Crippen MR) is 79.7 cm³/mol. The highest BCUT2D eigenvalue weighted by atomic mass is 79.9. The van der Waals surface area contributed by atoms with Crippen LogP contribution < -0.4 is 10.2 Å². The van der Waals surface area contributed by atoms with Crippen LogP contribution in [0.3, 0.4) is 0 Å². The first-order valence-electron chi connectivity index (χ1n) is 5.69. The fourth-order valence-electron chi connectivity index (χ4n) is 1.70. The molecule has 6 heteroatoms. The molecule has 1 aromatic heterocycles. The summed E-state index contributed by atoms with van der Waals surface area (Å²) in [4.78, 5) is 25.6. The third kappa shape index (κ3) is 3.33. The lowest BCUT2D eigenvalue weighted by atomic mass is 10.1. The monoisotopic (exact) mass is 340 g/mol. The van der Waals surface area contributed by atoms with Crippen LogP contribution in [-0.4, -0.2) is 10.9 Å². The summed E-state index contributed by atoms with van der Waals surface area (Å²) in [5.74, 6) is -0.139. The number of carbonyl (C=O) groups excluding carboxylic acids is 1. The SMILES string of the molecule is Cc1cc(C(=O)NCc2csc(=O)[nH]2)c(C)cc1Br. The van der Waals surface area contributed by atoms with Gasteiger partial charge in [-0.05, 0) is 37.1 Å². The summed E-state index contributed by atoms with van der Waals surface area (Å²) in [6, 6.07) is 3.78. The maximum Gasteiger partial charge on any atom is 0.304 e. The Kier molecular flexibility index (Phi) is 4.21. The molecule has 0 spiro atoms. The molecule has 0 fully saturated rings. The molecule has 2 N–H and O–H groups in total. The van der Waals surface area contributed by atoms with E-state index in [4.69, 9.17) is 0 Å². The van der Waals surface area contributed by atoms with Crippen molar-refractivity contribution in [2.24, 2.45) is 0 Å². The van der Waals surface area contributed by atoms with E-state index in [0.29, 0.717) is 12.1 Å². The van der Waals surface area contributed by atoms with Crippen LogP contribution in [0, 0.1) is 13.8 Å². The molecule has 0 aliphatic heterocycles. The number of nitrogens with one attached hydrogen (secondary N) is 2. The molecule has 100 valence electrons. The van der Waals surface area contributed by atoms with Gasteiger partial charge >= 0.3 is 4.87 Å². The zero-order valence-corrected chi connectivity index (χ0v) is 12.9. The molecule has 0 radical (unpaired) electrons. The number of aryl methyl sites for hydroxylation is 2. The van der Waals surface area contributed by atoms with Crippen LogP contribution >= 0.6 is 27.3 Å². The Balaban J connectivity index is 2.12. The van der Waals surface area contributed by atoms with E-state index >= 15 is 0 Å². The summed E-state index contributed by atoms with van der Waals surface area (Å²) in [6.45, 7) is 4.16. The van der Waals surface area contributed by atoms with Crippen LogP contribution in [0.15, 0.2) is 26.8 Å². The molecule has 2 aromatic rings. The number of aromatic nitrogens is 1. The van der Waals surface area contributed by atoms with Crippen LogP contribution in [0.1, 0.15) is 27.2 Å². The van der Waals surface area contributed by atoms with Gasteiger partial charge in [-0.25, -0.2) is 0 Å². The number of H-pyrrole nitrogens is 1. The van der Waals surface area contributed by atoms with Crippen LogP contribution in [0.4, 0.5) is 0 Å². The minimum Gasteiger partial charge on any atom is -0.346 e. The second-order valence-electron chi connectivity index (χ2n) is 4.27. The van der Waals surface area contributed by atoms with E-state index in [1.807, 2.05) is 26.0 Å². The molecule has 0 atom stereocenters. The van der Waals surface area contributed by atoms with Gasteiger partial charge in [0.25, 0.3) is 5.91 Å². The van der Waals surface area contributed by atoms with Gasteiger partial charge in [0, 0.05) is 21.1 Å². The van der Waals surface area contributed by atoms with Crippen molar-refractivity contribution in [2.45, 2.75) is 20.4 Å². The van der Waals surface area contributed by atoms with E-state index in [9.17, 15) is 9.59 Å². The lowest BCUT2D eigenvalue weighted by Gasteiger charge is -2.09. The molecule has 0 unspecified atom stereocenters. The van der Waals surface area contributed by atoms with Crippen molar-refractivity contribution < 1.29 is 4.79 Å². The second-order valence-corrected chi connectivity index (χ2v) is 5.97. The van der Waals surface area contributed by atoms with Crippen molar-refractivity contribution in [2.75, 3.05) is 0 Å². The highest BCUT2D eigenvalue weighted by molar-refractivity contribution is 9.10. The van der Waals surface area contributed by atoms with Crippen molar-refractivity contribution >= 4 is 33.2 Å². The Hall–Kier alpha value is -1.40. The number of carbonyl (C=O) groups is 1. The van der Waals surface area contributed by atoms with Crippen LogP contribution in [0.5, 0.6) is 0 Å². The molecule has 0 aliphatic rings. The molecule has 0 saturated carbocycles. The first-order chi connectivity index (χ1) is 8.97. The van der Waals surface area contributed by atoms with Gasteiger partial charge in [-0.3, -0.25) is 9.59 Å². The molecule has 0 bridgehead atoms. The van der Waals surface area contributed by atoms with Crippen LogP contribution in [0.2, 0.25) is 0 Å². The number of halogens is 1. The quantitative estimate of drug-likeness (QED) is 0.902. The summed E-state index contributed by atoms with van der Waals surface area (Å²) in [6.07, 6.45) is 0. The van der Waals surface area contributed by atoms with Crippen molar-refractivity contribution in [3.8, 4) is 0 Å². The smallest absolute Gasteiger partial charge is 0.304 e. The first kappa shape index (κ1) is 14.0. The fourth-order valence-corrected chi connectivity index (χ4v) is 2.74. The molecule has 1 amide bonds. The summed E-state index contributed by atoms with van der Waals surface area (Å²) < 4.78 is 0.990. The molecule has 0 aliphatic carbocycles. The topological polar surface area (TPSA) is 62.0 Å². The standard InChI is InChI=1S/C13H13BrN2O2S/c1-7-4-11(14)8(2)3-10(7)12(17)15-5-9-6-19-13(18)16-9/h3-4,6H,5H2,1-2H3,(H,15,17)(H,16,18). The van der Waals surface area contributed by atoms with Gasteiger partial charge in [-0.1, -0.05) is 27.3 Å². The van der Waals surface area contributed by atoms with Crippen LogP contribution in [-0.2, 0) is 6.54 Å². The minimum atomic E-state index is -0.139. The summed E-state index contributed by atoms with van der Waals surface area (Å²) in [5, 5.41) is 4.51. The summed E-state index contributed by atoms with van der Waals surface area (Å²) >= 11 is 4.53. The Bertz CT molecular complexity index is 676. The van der Waals surface area contributed by atoms with Gasteiger partial charge in [-0.2, -0.15) is 0 Å². The highest BCUT2D eigenvalue weighted by Crippen LogP contribution is 2.21. The van der Waals surface area contributed by atoms with E-state index in [0.717, 1.165) is 32.6 Å². The van der Waals surface area contributed by atoms with E-state index in [2.05, 4.69) is 26.2 Å². The van der Waals surface area contributed by atoms with Gasteiger partial charge in [0.2, 0.25) is 0 Å². The van der Waals surface area contributed by atoms with Gasteiger partial charge in [0.1, 0.15) is 0 Å². The van der Waals surface area contributed by atoms with Crippen molar-refractivity contribution in [1.29, 1.82) is 0 Å². The number of hydrogen-bond donors (Lipinski definition) is 2. The zero-order chi connectivity index (χ0) is 14.0. The Morgan fingerprint density at radius 2 is 2.11 bits per heavy atom. The average molecular weight is 341 g/mol. The lowest BCUT2D eigenvalue weighted by molar-refractivity contribution is 0.0949. The largest absolute Gasteiger partial charge is 0.346 e. The molecular formula is C13H13BrN2O2S. The maximum absolute atomic E-state index is 12.1. The van der Waals surface area contributed by atoms with E-state index in [1.54, 1.807) is 5.38 Å². The third-order valence-electron chi connectivity index (χ3n) is 2.76. The Morgan fingerprint density at radius 1 is 1.37 bits per heavy atom. The average Bonchev–Trinajstić information content (AvgIpc) is 2.77. The Labute approximate surface area is 123 Å². The molecule has 19 heavy (non-hydrogen) atoms. The van der Waals surface area contributed by atoms with E-state index in [-0.39, 0.29) is 10.8 Å². The van der Waals surface area contributed by atoms with Gasteiger partial charge in [0.05, 0.1) is 6.54 Å². The van der Waals surface area contributed by atoms with Gasteiger partial charge in [-0.15, -0.1) is 0 Å². The highest BCUT2D eigenvalue weighted by Gasteiger charge is 2.11. The second kappa shape index (κ2) is 5.71. The van der Waals surface area contributed by atoms with Crippen molar-refractivity contribution in [1.82, 2.24) is 10.3 Å². The number of benzene rings is 1. The van der Waals surface area contributed by atoms with Gasteiger partial charge < -0.3 is 10.3 Å². The molecule has 1 heterocycles. The molecule has 2 rings (SSSR count). The summed E-state index contributed by atoms with van der Waals surface area (Å²) in [5.41, 5.74) is 3.29. The number of hydrogen-bond acceptors (Lipinski definition) is 3. The third-order valence-corrected chi connectivity index (χ3v) is 4.33. The minimum absolute atomic E-state index is 0.111. The van der Waals surface area contributed by atoms with E-state index in [1.165, 1.54) is 0 Å². The lowest BCUT2D eigenvalue weighted by Crippen LogP contribution is -2.24. The van der Waals surface area contributed by atoms with Gasteiger partial charge in [0.15, 0.2) is 0 Å². The summed E-state index contributed by atoms with van der Waals surface area (Å²) in [7, 11) is 0. The number of rotatable bonds is 3. The Morgan fingerprint density at radius 3 is 2.74 bits per heavy atom. The predicted octanol–water partition coefficient (Wildman–Crippen LogP) is 2.75. The van der Waals surface area contributed by atoms with Crippen molar-refractivity contribution in [3.63, 3.8) is 0 Å². The first-order valence-corrected chi connectivity index (χ1v) is 7.36. The number of aromatic amines is 1. The molecule has 0 saturated heterocycles. The molecule has 1 aromatic carbocycles. The fraction of sp³-hybridized carbons (Fsp3) is 0.231. The number of thiazole rings is 1. The normalized spacial score (nSPS) is 10.5. The molecular weight excluding hydrogens is 328 g/mol. The molecule has 4 nitrogen and oxygen atoms in total.